The van der Waals surface area contributed by atoms with Crippen molar-refractivity contribution >= 4 is 21.4 Å². The van der Waals surface area contributed by atoms with Crippen LogP contribution in [-0.2, 0) is 10.0 Å². The molecule has 28 heavy (non-hydrogen) atoms. The highest BCUT2D eigenvalue weighted by molar-refractivity contribution is 7.92. The van der Waals surface area contributed by atoms with Gasteiger partial charge >= 0.3 is 0 Å². The van der Waals surface area contributed by atoms with Gasteiger partial charge < -0.3 is 10.1 Å². The topological polar surface area (TPSA) is 67.4 Å². The zero-order chi connectivity index (χ0) is 20.1. The van der Waals surface area contributed by atoms with Gasteiger partial charge in [0.1, 0.15) is 5.75 Å². The van der Waals surface area contributed by atoms with Crippen LogP contribution in [0.4, 0.5) is 11.4 Å². The maximum Gasteiger partial charge on any atom is 0.261 e. The minimum absolute atomic E-state index is 0.144. The summed E-state index contributed by atoms with van der Waals surface area (Å²) in [5.41, 5.74) is 3.37. The third-order valence-electron chi connectivity index (χ3n) is 4.50. The Bertz CT molecular complexity index is 1030. The second kappa shape index (κ2) is 8.35. The van der Waals surface area contributed by atoms with E-state index in [2.05, 4.69) is 29.1 Å². The number of methoxy groups -OCH3 is 1. The summed E-state index contributed by atoms with van der Waals surface area (Å²) < 4.78 is 33.1. The van der Waals surface area contributed by atoms with Crippen LogP contribution >= 0.6 is 0 Å². The summed E-state index contributed by atoms with van der Waals surface area (Å²) in [7, 11) is -2.11. The van der Waals surface area contributed by atoms with Crippen LogP contribution < -0.4 is 14.8 Å². The summed E-state index contributed by atoms with van der Waals surface area (Å²) in [4.78, 5) is 0.200. The Morgan fingerprint density at radius 3 is 2.14 bits per heavy atom. The molecule has 0 amide bonds. The van der Waals surface area contributed by atoms with E-state index in [0.29, 0.717) is 11.4 Å². The van der Waals surface area contributed by atoms with Crippen molar-refractivity contribution in [3.8, 4) is 5.75 Å². The Morgan fingerprint density at radius 1 is 0.893 bits per heavy atom. The largest absolute Gasteiger partial charge is 0.496 e. The molecular weight excluding hydrogens is 372 g/mol. The molecule has 3 rings (SSSR count). The van der Waals surface area contributed by atoms with Crippen LogP contribution in [0.5, 0.6) is 5.75 Å². The van der Waals surface area contributed by atoms with E-state index in [4.69, 9.17) is 4.74 Å². The smallest absolute Gasteiger partial charge is 0.261 e. The molecule has 0 spiro atoms. The van der Waals surface area contributed by atoms with Crippen molar-refractivity contribution < 1.29 is 13.2 Å². The molecule has 0 aliphatic carbocycles. The maximum absolute atomic E-state index is 12.6. The summed E-state index contributed by atoms with van der Waals surface area (Å²) in [6.07, 6.45) is 0. The normalized spacial score (nSPS) is 12.2. The van der Waals surface area contributed by atoms with Gasteiger partial charge in [0.15, 0.2) is 0 Å². The Morgan fingerprint density at radius 2 is 1.54 bits per heavy atom. The Hall–Kier alpha value is -2.99. The molecule has 0 heterocycles. The summed E-state index contributed by atoms with van der Waals surface area (Å²) >= 11 is 0. The predicted octanol–water partition coefficient (Wildman–Crippen LogP) is 4.98. The van der Waals surface area contributed by atoms with E-state index in [9.17, 15) is 8.42 Å². The standard InChI is InChI=1S/C22H24N2O3S/c1-16-15-21(13-14-22(16)27-3)28(25,26)24-20-11-9-19(10-12-20)23-17(2)18-7-5-4-6-8-18/h4-15,17,23-24H,1-3H3. The van der Waals surface area contributed by atoms with Crippen LogP contribution in [-0.4, -0.2) is 15.5 Å². The van der Waals surface area contributed by atoms with Gasteiger partial charge in [0.25, 0.3) is 10.0 Å². The van der Waals surface area contributed by atoms with Gasteiger partial charge in [0.05, 0.1) is 12.0 Å². The molecule has 2 N–H and O–H groups in total. The van der Waals surface area contributed by atoms with Crippen molar-refractivity contribution in [3.63, 3.8) is 0 Å². The van der Waals surface area contributed by atoms with Crippen molar-refractivity contribution in [2.24, 2.45) is 0 Å². The molecule has 6 heteroatoms. The summed E-state index contributed by atoms with van der Waals surface area (Å²) in [5, 5.41) is 3.41. The van der Waals surface area contributed by atoms with Gasteiger partial charge in [-0.15, -0.1) is 0 Å². The number of benzene rings is 3. The zero-order valence-electron chi connectivity index (χ0n) is 16.1. The Balaban J connectivity index is 1.70. The molecule has 146 valence electrons. The Kier molecular flexibility index (Phi) is 5.90. The van der Waals surface area contributed by atoms with E-state index in [1.807, 2.05) is 37.3 Å². The van der Waals surface area contributed by atoms with Gasteiger partial charge in [0.2, 0.25) is 0 Å². The first-order chi connectivity index (χ1) is 13.4. The first-order valence-electron chi connectivity index (χ1n) is 8.98. The highest BCUT2D eigenvalue weighted by Crippen LogP contribution is 2.25. The van der Waals surface area contributed by atoms with E-state index in [0.717, 1.165) is 11.3 Å². The van der Waals surface area contributed by atoms with Crippen molar-refractivity contribution in [3.05, 3.63) is 83.9 Å². The van der Waals surface area contributed by atoms with E-state index in [1.54, 1.807) is 31.4 Å². The van der Waals surface area contributed by atoms with E-state index >= 15 is 0 Å². The van der Waals surface area contributed by atoms with Crippen LogP contribution in [0.2, 0.25) is 0 Å². The second-order valence-corrected chi connectivity index (χ2v) is 8.27. The van der Waals surface area contributed by atoms with Crippen LogP contribution in [0.1, 0.15) is 24.1 Å². The minimum atomic E-state index is -3.67. The monoisotopic (exact) mass is 396 g/mol. The molecule has 1 atom stereocenters. The third kappa shape index (κ3) is 4.64. The fraction of sp³-hybridized carbons (Fsp3) is 0.182. The van der Waals surface area contributed by atoms with E-state index in [-0.39, 0.29) is 10.9 Å². The fourth-order valence-corrected chi connectivity index (χ4v) is 4.09. The van der Waals surface area contributed by atoms with Crippen LogP contribution in [0, 0.1) is 6.92 Å². The van der Waals surface area contributed by atoms with Crippen LogP contribution in [0.3, 0.4) is 0 Å². The molecular formula is C22H24N2O3S. The van der Waals surface area contributed by atoms with Crippen LogP contribution in [0.25, 0.3) is 0 Å². The number of rotatable bonds is 7. The average molecular weight is 397 g/mol. The van der Waals surface area contributed by atoms with Crippen molar-refractivity contribution in [1.82, 2.24) is 0 Å². The quantitative estimate of drug-likeness (QED) is 0.591. The van der Waals surface area contributed by atoms with Gasteiger partial charge in [0, 0.05) is 17.4 Å². The molecule has 0 radical (unpaired) electrons. The van der Waals surface area contributed by atoms with Crippen molar-refractivity contribution in [1.29, 1.82) is 0 Å². The lowest BCUT2D eigenvalue weighted by Gasteiger charge is -2.16. The number of sulfonamides is 1. The van der Waals surface area contributed by atoms with Gasteiger partial charge in [-0.1, -0.05) is 30.3 Å². The molecule has 0 aromatic heterocycles. The first kappa shape index (κ1) is 19.8. The lowest BCUT2D eigenvalue weighted by atomic mass is 10.1. The molecule has 1 unspecified atom stereocenters. The SMILES string of the molecule is COc1ccc(S(=O)(=O)Nc2ccc(NC(C)c3ccccc3)cc2)cc1C. The highest BCUT2D eigenvalue weighted by atomic mass is 32.2. The number of aryl methyl sites for hydroxylation is 1. The van der Waals surface area contributed by atoms with E-state index in [1.165, 1.54) is 11.6 Å². The highest BCUT2D eigenvalue weighted by Gasteiger charge is 2.15. The molecule has 3 aromatic rings. The number of ether oxygens (including phenoxy) is 1. The summed E-state index contributed by atoms with van der Waals surface area (Å²) in [6, 6.07) is 22.3. The van der Waals surface area contributed by atoms with Crippen molar-refractivity contribution in [2.75, 3.05) is 17.1 Å². The fourth-order valence-electron chi connectivity index (χ4n) is 2.94. The zero-order valence-corrected chi connectivity index (χ0v) is 17.0. The summed E-state index contributed by atoms with van der Waals surface area (Å²) in [6.45, 7) is 3.89. The molecule has 5 nitrogen and oxygen atoms in total. The lowest BCUT2D eigenvalue weighted by molar-refractivity contribution is 0.411. The summed E-state index contributed by atoms with van der Waals surface area (Å²) in [5.74, 6) is 0.655. The van der Waals surface area contributed by atoms with Crippen LogP contribution in [0.15, 0.2) is 77.7 Å². The Labute approximate surface area is 166 Å². The van der Waals surface area contributed by atoms with Gasteiger partial charge in [-0.2, -0.15) is 0 Å². The van der Waals surface area contributed by atoms with Gasteiger partial charge in [-0.05, 0) is 67.4 Å². The van der Waals surface area contributed by atoms with Crippen molar-refractivity contribution in [2.45, 2.75) is 24.8 Å². The molecule has 3 aromatic carbocycles. The number of hydrogen-bond donors (Lipinski definition) is 2. The number of nitrogens with one attached hydrogen (secondary N) is 2. The maximum atomic E-state index is 12.6. The molecule has 0 saturated carbocycles. The predicted molar refractivity (Wildman–Crippen MR) is 113 cm³/mol. The van der Waals surface area contributed by atoms with Gasteiger partial charge in [-0.3, -0.25) is 4.72 Å². The molecule has 0 aliphatic rings. The van der Waals surface area contributed by atoms with E-state index < -0.39 is 10.0 Å². The van der Waals surface area contributed by atoms with Gasteiger partial charge in [-0.25, -0.2) is 8.42 Å². The first-order valence-corrected chi connectivity index (χ1v) is 10.5. The number of hydrogen-bond acceptors (Lipinski definition) is 4. The molecule has 0 aliphatic heterocycles. The lowest BCUT2D eigenvalue weighted by Crippen LogP contribution is -2.13. The molecule has 0 bridgehead atoms. The molecule has 0 fully saturated rings. The number of anilines is 2. The third-order valence-corrected chi connectivity index (χ3v) is 5.88. The molecule has 0 saturated heterocycles. The minimum Gasteiger partial charge on any atom is -0.496 e. The second-order valence-electron chi connectivity index (χ2n) is 6.59. The average Bonchev–Trinajstić information content (AvgIpc) is 2.70.